The van der Waals surface area contributed by atoms with Gasteiger partial charge in [-0.15, -0.1) is 0 Å². The lowest BCUT2D eigenvalue weighted by Crippen LogP contribution is -2.48. The molecule has 2 aromatic rings. The second-order valence-corrected chi connectivity index (χ2v) is 11.0. The minimum Gasteiger partial charge on any atom is -0.356 e. The number of hydrogen-bond donors (Lipinski definition) is 2. The van der Waals surface area contributed by atoms with Crippen LogP contribution in [0, 0.1) is 11.8 Å². The van der Waals surface area contributed by atoms with E-state index < -0.39 is 0 Å². The molecule has 1 aliphatic heterocycles. The van der Waals surface area contributed by atoms with Crippen LogP contribution in [0.15, 0.2) is 24.3 Å². The molecule has 0 radical (unpaired) electrons. The highest BCUT2D eigenvalue weighted by Gasteiger charge is 2.37. The Morgan fingerprint density at radius 1 is 1.15 bits per heavy atom. The fourth-order valence-corrected chi connectivity index (χ4v) is 5.72. The molecule has 1 fully saturated rings. The Kier molecular flexibility index (Phi) is 6.73. The molecule has 1 aromatic heterocycles. The number of hydrogen-bond acceptors (Lipinski definition) is 2. The quantitative estimate of drug-likeness (QED) is 0.665. The number of amides is 3. The minimum atomic E-state index is -0.232. The maximum Gasteiger partial charge on any atom is 0.317 e. The van der Waals surface area contributed by atoms with Gasteiger partial charge in [0.15, 0.2) is 0 Å². The van der Waals surface area contributed by atoms with Crippen molar-refractivity contribution in [2.45, 2.75) is 77.8 Å². The fraction of sp³-hybridized carbons (Fsp3) is 0.630. The summed E-state index contributed by atoms with van der Waals surface area (Å²) in [4.78, 5) is 33.5. The van der Waals surface area contributed by atoms with Crippen LogP contribution < -0.4 is 5.32 Å². The number of rotatable bonds is 4. The molecule has 4 rings (SSSR count). The van der Waals surface area contributed by atoms with Gasteiger partial charge in [0.2, 0.25) is 5.91 Å². The number of carbonyl (C=O) groups excluding carboxylic acids is 2. The van der Waals surface area contributed by atoms with Gasteiger partial charge in [-0.25, -0.2) is 4.79 Å². The smallest absolute Gasteiger partial charge is 0.317 e. The highest BCUT2D eigenvalue weighted by atomic mass is 16.2. The molecule has 1 saturated carbocycles. The van der Waals surface area contributed by atoms with E-state index in [0.29, 0.717) is 11.8 Å². The summed E-state index contributed by atoms with van der Waals surface area (Å²) in [5.41, 5.74) is 3.57. The molecule has 1 aromatic carbocycles. The molecule has 2 aliphatic rings. The summed E-state index contributed by atoms with van der Waals surface area (Å²) >= 11 is 0. The third-order valence-electron chi connectivity index (χ3n) is 7.39. The van der Waals surface area contributed by atoms with Crippen LogP contribution >= 0.6 is 0 Å². The first-order chi connectivity index (χ1) is 15.7. The van der Waals surface area contributed by atoms with Crippen molar-refractivity contribution >= 4 is 22.8 Å². The molecule has 1 atom stereocenters. The van der Waals surface area contributed by atoms with Gasteiger partial charge >= 0.3 is 6.03 Å². The average molecular weight is 453 g/mol. The van der Waals surface area contributed by atoms with Crippen LogP contribution in [0.2, 0.25) is 0 Å². The van der Waals surface area contributed by atoms with Crippen molar-refractivity contribution in [1.29, 1.82) is 0 Å². The molecule has 0 spiro atoms. The summed E-state index contributed by atoms with van der Waals surface area (Å²) in [6.07, 6.45) is 5.70. The van der Waals surface area contributed by atoms with E-state index in [1.807, 2.05) is 27.8 Å². The number of nitrogens with zero attached hydrogens (tertiary/aromatic N) is 2. The summed E-state index contributed by atoms with van der Waals surface area (Å²) in [7, 11) is 1.87. The Morgan fingerprint density at radius 3 is 2.52 bits per heavy atom. The van der Waals surface area contributed by atoms with Gasteiger partial charge in [-0.2, -0.15) is 0 Å². The fourth-order valence-electron chi connectivity index (χ4n) is 5.72. The lowest BCUT2D eigenvalue weighted by atomic mass is 9.80. The maximum absolute atomic E-state index is 13.6. The van der Waals surface area contributed by atoms with Gasteiger partial charge in [0.25, 0.3) is 0 Å². The van der Waals surface area contributed by atoms with Crippen molar-refractivity contribution in [2.75, 3.05) is 20.1 Å². The lowest BCUT2D eigenvalue weighted by Gasteiger charge is -2.39. The molecule has 3 amide bonds. The van der Waals surface area contributed by atoms with Gasteiger partial charge in [-0.3, -0.25) is 4.79 Å². The van der Waals surface area contributed by atoms with Crippen LogP contribution in [0.3, 0.4) is 0 Å². The monoisotopic (exact) mass is 452 g/mol. The number of urea groups is 1. The van der Waals surface area contributed by atoms with E-state index in [9.17, 15) is 9.59 Å². The van der Waals surface area contributed by atoms with Crippen molar-refractivity contribution in [1.82, 2.24) is 20.1 Å². The highest BCUT2D eigenvalue weighted by Crippen LogP contribution is 2.39. The molecular formula is C27H40N4O2. The van der Waals surface area contributed by atoms with Crippen LogP contribution in [-0.4, -0.2) is 52.4 Å². The van der Waals surface area contributed by atoms with E-state index in [1.165, 1.54) is 22.2 Å². The Morgan fingerprint density at radius 2 is 1.85 bits per heavy atom. The molecule has 180 valence electrons. The normalized spacial score (nSPS) is 23.3. The molecule has 1 aliphatic carbocycles. The molecule has 6 nitrogen and oxygen atoms in total. The van der Waals surface area contributed by atoms with Crippen molar-refractivity contribution in [3.8, 4) is 0 Å². The molecule has 2 N–H and O–H groups in total. The number of para-hydroxylation sites is 1. The van der Waals surface area contributed by atoms with Crippen LogP contribution in [0.5, 0.6) is 0 Å². The van der Waals surface area contributed by atoms with Crippen LogP contribution in [-0.2, 0) is 11.2 Å². The van der Waals surface area contributed by atoms with Crippen molar-refractivity contribution < 1.29 is 9.59 Å². The van der Waals surface area contributed by atoms with Gasteiger partial charge in [-0.1, -0.05) is 25.1 Å². The SMILES string of the molecule is CCC1c2[nH]c3ccccc3c2CCN1C(=O)[C@H]1CC[C@H](CN(C)C(=O)NC(C)(C)C)CC1. The number of H-pyrrole nitrogens is 1. The summed E-state index contributed by atoms with van der Waals surface area (Å²) in [6.45, 7) is 9.74. The molecule has 1 unspecified atom stereocenters. The van der Waals surface area contributed by atoms with Crippen LogP contribution in [0.1, 0.15) is 77.1 Å². The molecular weight excluding hydrogens is 412 g/mol. The van der Waals surface area contributed by atoms with E-state index in [4.69, 9.17) is 0 Å². The Balaban J connectivity index is 1.36. The predicted octanol–water partition coefficient (Wildman–Crippen LogP) is 5.25. The standard InChI is InChI=1S/C27H40N4O2/c1-6-23-24-21(20-9-7-8-10-22(20)28-24)15-16-31(23)25(32)19-13-11-18(12-14-19)17-30(5)26(33)29-27(2,3)4/h7-10,18-19,23,28H,6,11-17H2,1-5H3,(H,29,33)/t18-,19-,23?. The Bertz CT molecular complexity index is 997. The first-order valence-electron chi connectivity index (χ1n) is 12.6. The second kappa shape index (κ2) is 9.40. The largest absolute Gasteiger partial charge is 0.356 e. The minimum absolute atomic E-state index is 0.0195. The number of aromatic nitrogens is 1. The number of nitrogens with one attached hydrogen (secondary N) is 2. The van der Waals surface area contributed by atoms with E-state index in [2.05, 4.69) is 46.4 Å². The maximum atomic E-state index is 13.6. The van der Waals surface area contributed by atoms with E-state index in [0.717, 1.165) is 51.6 Å². The van der Waals surface area contributed by atoms with Crippen molar-refractivity contribution in [2.24, 2.45) is 11.8 Å². The summed E-state index contributed by atoms with van der Waals surface area (Å²) < 4.78 is 0. The summed E-state index contributed by atoms with van der Waals surface area (Å²) in [6, 6.07) is 8.60. The predicted molar refractivity (Wildman–Crippen MR) is 133 cm³/mol. The zero-order valence-corrected chi connectivity index (χ0v) is 20.9. The third-order valence-corrected chi connectivity index (χ3v) is 7.39. The third kappa shape index (κ3) is 5.04. The highest BCUT2D eigenvalue weighted by molar-refractivity contribution is 5.86. The molecule has 0 bridgehead atoms. The van der Waals surface area contributed by atoms with E-state index in [1.54, 1.807) is 4.90 Å². The molecule has 0 saturated heterocycles. The van der Waals surface area contributed by atoms with Crippen LogP contribution in [0.4, 0.5) is 4.79 Å². The zero-order valence-electron chi connectivity index (χ0n) is 20.9. The Labute approximate surface area is 198 Å². The van der Waals surface area contributed by atoms with Gasteiger partial charge < -0.3 is 20.1 Å². The van der Waals surface area contributed by atoms with Gasteiger partial charge in [0, 0.05) is 48.2 Å². The summed E-state index contributed by atoms with van der Waals surface area (Å²) in [5.74, 6) is 0.895. The van der Waals surface area contributed by atoms with Gasteiger partial charge in [0.05, 0.1) is 6.04 Å². The lowest BCUT2D eigenvalue weighted by molar-refractivity contribution is -0.140. The molecule has 33 heavy (non-hydrogen) atoms. The number of benzene rings is 1. The van der Waals surface area contributed by atoms with Crippen molar-refractivity contribution in [3.63, 3.8) is 0 Å². The first kappa shape index (κ1) is 23.7. The molecule has 2 heterocycles. The van der Waals surface area contributed by atoms with Crippen molar-refractivity contribution in [3.05, 3.63) is 35.5 Å². The number of fused-ring (bicyclic) bond motifs is 3. The molecule has 6 heteroatoms. The zero-order chi connectivity index (χ0) is 23.8. The van der Waals surface area contributed by atoms with Gasteiger partial charge in [-0.05, 0) is 76.8 Å². The Hall–Kier alpha value is -2.50. The van der Waals surface area contributed by atoms with Crippen LogP contribution in [0.25, 0.3) is 10.9 Å². The van der Waals surface area contributed by atoms with Gasteiger partial charge in [0.1, 0.15) is 0 Å². The van der Waals surface area contributed by atoms with E-state index in [-0.39, 0.29) is 23.5 Å². The number of aromatic amines is 1. The number of carbonyl (C=O) groups is 2. The second-order valence-electron chi connectivity index (χ2n) is 11.0. The topological polar surface area (TPSA) is 68.4 Å². The van der Waals surface area contributed by atoms with E-state index >= 15 is 0 Å². The summed E-state index contributed by atoms with van der Waals surface area (Å²) in [5, 5.41) is 4.33. The first-order valence-corrected chi connectivity index (χ1v) is 12.6. The average Bonchev–Trinajstić information content (AvgIpc) is 3.16.